The van der Waals surface area contributed by atoms with Crippen molar-refractivity contribution in [3.63, 3.8) is 0 Å². The summed E-state index contributed by atoms with van der Waals surface area (Å²) in [6.07, 6.45) is 6.52. The van der Waals surface area contributed by atoms with E-state index >= 15 is 0 Å². The summed E-state index contributed by atoms with van der Waals surface area (Å²) in [5.41, 5.74) is 0. The summed E-state index contributed by atoms with van der Waals surface area (Å²) < 4.78 is 32.2. The standard InChI is InChI=1S/C17H26N2O3S/c1-22-16-7-9-17(10-8-16)23(20,21)19-13-11-18(12-14-19)15-5-3-2-4-6-15/h7-10,15H,2-6,11-14H2,1H3. The van der Waals surface area contributed by atoms with Crippen LogP contribution in [0.5, 0.6) is 5.75 Å². The SMILES string of the molecule is COc1ccc(S(=O)(=O)N2CCN(C3CCCCC3)CC2)cc1. The first-order valence-corrected chi connectivity index (χ1v) is 9.93. The van der Waals surface area contributed by atoms with E-state index in [9.17, 15) is 8.42 Å². The van der Waals surface area contributed by atoms with Crippen molar-refractivity contribution in [2.75, 3.05) is 33.3 Å². The Kier molecular flexibility index (Phi) is 5.24. The Balaban J connectivity index is 1.63. The highest BCUT2D eigenvalue weighted by atomic mass is 32.2. The van der Waals surface area contributed by atoms with Gasteiger partial charge in [0.05, 0.1) is 12.0 Å². The highest BCUT2D eigenvalue weighted by Gasteiger charge is 2.31. The van der Waals surface area contributed by atoms with Crippen LogP contribution in [0.15, 0.2) is 29.2 Å². The minimum Gasteiger partial charge on any atom is -0.497 e. The maximum atomic E-state index is 12.7. The summed E-state index contributed by atoms with van der Waals surface area (Å²) in [7, 11) is -1.81. The second kappa shape index (κ2) is 7.20. The number of ether oxygens (including phenoxy) is 1. The maximum Gasteiger partial charge on any atom is 0.243 e. The van der Waals surface area contributed by atoms with Crippen LogP contribution in [-0.2, 0) is 10.0 Å². The first-order valence-electron chi connectivity index (χ1n) is 8.49. The topological polar surface area (TPSA) is 49.9 Å². The van der Waals surface area contributed by atoms with Gasteiger partial charge in [-0.05, 0) is 37.1 Å². The van der Waals surface area contributed by atoms with E-state index in [-0.39, 0.29) is 0 Å². The van der Waals surface area contributed by atoms with Crippen LogP contribution in [0.25, 0.3) is 0 Å². The van der Waals surface area contributed by atoms with Gasteiger partial charge in [-0.15, -0.1) is 0 Å². The third-order valence-corrected chi connectivity index (χ3v) is 6.97. The molecular formula is C17H26N2O3S. The summed E-state index contributed by atoms with van der Waals surface area (Å²) in [6.45, 7) is 2.87. The molecule has 6 heteroatoms. The molecule has 0 spiro atoms. The molecule has 0 aromatic heterocycles. The number of rotatable bonds is 4. The van der Waals surface area contributed by atoms with Gasteiger partial charge in [0.1, 0.15) is 5.75 Å². The zero-order chi connectivity index (χ0) is 16.3. The lowest BCUT2D eigenvalue weighted by Gasteiger charge is -2.40. The van der Waals surface area contributed by atoms with Gasteiger partial charge in [0, 0.05) is 32.2 Å². The van der Waals surface area contributed by atoms with Gasteiger partial charge >= 0.3 is 0 Å². The maximum absolute atomic E-state index is 12.7. The van der Waals surface area contributed by atoms with Gasteiger partial charge in [0.15, 0.2) is 0 Å². The third-order valence-electron chi connectivity index (χ3n) is 5.06. The van der Waals surface area contributed by atoms with E-state index in [4.69, 9.17) is 4.74 Å². The highest BCUT2D eigenvalue weighted by molar-refractivity contribution is 7.89. The third kappa shape index (κ3) is 3.70. The van der Waals surface area contributed by atoms with Crippen molar-refractivity contribution in [1.82, 2.24) is 9.21 Å². The molecule has 1 saturated heterocycles. The summed E-state index contributed by atoms with van der Waals surface area (Å²) >= 11 is 0. The van der Waals surface area contributed by atoms with Crippen molar-refractivity contribution in [2.24, 2.45) is 0 Å². The number of piperazine rings is 1. The van der Waals surface area contributed by atoms with E-state index in [0.717, 1.165) is 13.1 Å². The molecule has 0 amide bonds. The Bertz CT molecular complexity index is 601. The van der Waals surface area contributed by atoms with Crippen molar-refractivity contribution in [1.29, 1.82) is 0 Å². The summed E-state index contributed by atoms with van der Waals surface area (Å²) in [5.74, 6) is 0.672. The quantitative estimate of drug-likeness (QED) is 0.845. The molecule has 0 unspecified atom stereocenters. The summed E-state index contributed by atoms with van der Waals surface area (Å²) in [4.78, 5) is 2.84. The van der Waals surface area contributed by atoms with Gasteiger partial charge in [0.25, 0.3) is 0 Å². The fourth-order valence-corrected chi connectivity index (χ4v) is 5.07. The Morgan fingerprint density at radius 3 is 2.13 bits per heavy atom. The van der Waals surface area contributed by atoms with Crippen molar-refractivity contribution >= 4 is 10.0 Å². The highest BCUT2D eigenvalue weighted by Crippen LogP contribution is 2.25. The molecule has 1 aromatic carbocycles. The Labute approximate surface area is 139 Å². The molecule has 0 atom stereocenters. The number of hydrogen-bond acceptors (Lipinski definition) is 4. The fourth-order valence-electron chi connectivity index (χ4n) is 3.65. The predicted octanol–water partition coefficient (Wildman–Crippen LogP) is 2.33. The molecule has 1 aromatic rings. The lowest BCUT2D eigenvalue weighted by molar-refractivity contribution is 0.111. The van der Waals surface area contributed by atoms with E-state index in [2.05, 4.69) is 4.90 Å². The van der Waals surface area contributed by atoms with Crippen LogP contribution in [0, 0.1) is 0 Å². The van der Waals surface area contributed by atoms with E-state index in [1.807, 2.05) is 0 Å². The van der Waals surface area contributed by atoms with Gasteiger partial charge < -0.3 is 4.74 Å². The van der Waals surface area contributed by atoms with Crippen molar-refractivity contribution in [3.05, 3.63) is 24.3 Å². The Morgan fingerprint density at radius 2 is 1.57 bits per heavy atom. The molecule has 128 valence electrons. The second-order valence-corrected chi connectivity index (χ2v) is 8.35. The molecule has 1 aliphatic carbocycles. The number of hydrogen-bond donors (Lipinski definition) is 0. The minimum atomic E-state index is -3.39. The van der Waals surface area contributed by atoms with Crippen LogP contribution >= 0.6 is 0 Å². The van der Waals surface area contributed by atoms with Crippen LogP contribution in [0.3, 0.4) is 0 Å². The molecular weight excluding hydrogens is 312 g/mol. The summed E-state index contributed by atoms with van der Waals surface area (Å²) in [6, 6.07) is 7.31. The first kappa shape index (κ1) is 16.7. The van der Waals surface area contributed by atoms with Gasteiger partial charge in [-0.3, -0.25) is 4.90 Å². The summed E-state index contributed by atoms with van der Waals surface area (Å²) in [5, 5.41) is 0. The fraction of sp³-hybridized carbons (Fsp3) is 0.647. The second-order valence-electron chi connectivity index (χ2n) is 6.41. The molecule has 0 N–H and O–H groups in total. The number of benzene rings is 1. The van der Waals surface area contributed by atoms with Crippen molar-refractivity contribution in [3.8, 4) is 5.75 Å². The average Bonchev–Trinajstić information content (AvgIpc) is 2.62. The molecule has 23 heavy (non-hydrogen) atoms. The lowest BCUT2D eigenvalue weighted by Crippen LogP contribution is -2.52. The Morgan fingerprint density at radius 1 is 0.957 bits per heavy atom. The molecule has 2 aliphatic rings. The normalized spacial score (nSPS) is 22.1. The Hall–Kier alpha value is -1.11. The van der Waals surface area contributed by atoms with E-state index in [1.165, 1.54) is 32.1 Å². The van der Waals surface area contributed by atoms with Crippen LogP contribution in [0.4, 0.5) is 0 Å². The molecule has 5 nitrogen and oxygen atoms in total. The smallest absolute Gasteiger partial charge is 0.243 e. The van der Waals surface area contributed by atoms with E-state index < -0.39 is 10.0 Å². The molecule has 1 aliphatic heterocycles. The minimum absolute atomic E-state index is 0.351. The largest absolute Gasteiger partial charge is 0.497 e. The van der Waals surface area contributed by atoms with Crippen LogP contribution in [0.2, 0.25) is 0 Å². The van der Waals surface area contributed by atoms with Crippen LogP contribution < -0.4 is 4.74 Å². The lowest BCUT2D eigenvalue weighted by atomic mass is 9.94. The monoisotopic (exact) mass is 338 g/mol. The number of methoxy groups -OCH3 is 1. The molecule has 3 rings (SSSR count). The molecule has 1 saturated carbocycles. The first-order chi connectivity index (χ1) is 11.1. The molecule has 0 radical (unpaired) electrons. The molecule has 0 bridgehead atoms. The van der Waals surface area contributed by atoms with Gasteiger partial charge in [-0.25, -0.2) is 8.42 Å². The molecule has 2 fully saturated rings. The van der Waals surface area contributed by atoms with Gasteiger partial charge in [-0.2, -0.15) is 4.31 Å². The van der Waals surface area contributed by atoms with Crippen LogP contribution in [-0.4, -0.2) is 57.0 Å². The van der Waals surface area contributed by atoms with Crippen LogP contribution in [0.1, 0.15) is 32.1 Å². The number of nitrogens with zero attached hydrogens (tertiary/aromatic N) is 2. The van der Waals surface area contributed by atoms with E-state index in [1.54, 1.807) is 35.7 Å². The van der Waals surface area contributed by atoms with Crippen molar-refractivity contribution in [2.45, 2.75) is 43.0 Å². The van der Waals surface area contributed by atoms with Gasteiger partial charge in [-0.1, -0.05) is 19.3 Å². The zero-order valence-corrected chi connectivity index (χ0v) is 14.6. The zero-order valence-electron chi connectivity index (χ0n) is 13.8. The van der Waals surface area contributed by atoms with Crippen molar-refractivity contribution < 1.29 is 13.2 Å². The van der Waals surface area contributed by atoms with Gasteiger partial charge in [0.2, 0.25) is 10.0 Å². The van der Waals surface area contributed by atoms with E-state index in [0.29, 0.717) is 29.8 Å². The predicted molar refractivity (Wildman–Crippen MR) is 90.2 cm³/mol. The number of sulfonamides is 1. The average molecular weight is 338 g/mol. The molecule has 1 heterocycles.